The average molecular weight is 272 g/mol. The zero-order valence-corrected chi connectivity index (χ0v) is 10.3. The third-order valence-electron chi connectivity index (χ3n) is 2.16. The number of nitrogens with one attached hydrogen (secondary N) is 2. The molecule has 0 atom stereocenters. The van der Waals surface area contributed by atoms with E-state index >= 15 is 0 Å². The van der Waals surface area contributed by atoms with Gasteiger partial charge in [-0.3, -0.25) is 9.59 Å². The molecule has 2 amide bonds. The van der Waals surface area contributed by atoms with Gasteiger partial charge in [0.05, 0.1) is 13.2 Å². The van der Waals surface area contributed by atoms with Gasteiger partial charge in [0.2, 0.25) is 5.91 Å². The van der Waals surface area contributed by atoms with Crippen molar-refractivity contribution >= 4 is 11.8 Å². The summed E-state index contributed by atoms with van der Waals surface area (Å²) >= 11 is 0. The van der Waals surface area contributed by atoms with Crippen LogP contribution in [0.15, 0.2) is 18.2 Å². The molecule has 7 heteroatoms. The number of benzene rings is 1. The molecule has 0 aromatic heterocycles. The van der Waals surface area contributed by atoms with E-state index in [0.29, 0.717) is 19.2 Å². The highest BCUT2D eigenvalue weighted by molar-refractivity contribution is 5.96. The van der Waals surface area contributed by atoms with E-state index in [1.54, 1.807) is 0 Å². The molecule has 0 aliphatic rings. The summed E-state index contributed by atoms with van der Waals surface area (Å²) in [5, 5.41) is 4.74. The van der Waals surface area contributed by atoms with Crippen LogP contribution in [0, 0.1) is 11.6 Å². The fourth-order valence-electron chi connectivity index (χ4n) is 1.30. The van der Waals surface area contributed by atoms with Crippen molar-refractivity contribution < 1.29 is 23.1 Å². The number of ether oxygens (including phenoxy) is 1. The summed E-state index contributed by atoms with van der Waals surface area (Å²) in [7, 11) is 1.49. The van der Waals surface area contributed by atoms with E-state index < -0.39 is 23.4 Å². The van der Waals surface area contributed by atoms with E-state index in [0.717, 1.165) is 12.1 Å². The van der Waals surface area contributed by atoms with Crippen molar-refractivity contribution in [1.82, 2.24) is 10.6 Å². The maximum atomic E-state index is 12.9. The van der Waals surface area contributed by atoms with Crippen LogP contribution in [0.5, 0.6) is 0 Å². The summed E-state index contributed by atoms with van der Waals surface area (Å²) in [6.45, 7) is 0.398. The van der Waals surface area contributed by atoms with Crippen LogP contribution in [0.2, 0.25) is 0 Å². The van der Waals surface area contributed by atoms with E-state index in [4.69, 9.17) is 4.74 Å². The molecule has 5 nitrogen and oxygen atoms in total. The Bertz CT molecular complexity index is 446. The quantitative estimate of drug-likeness (QED) is 0.739. The molecular weight excluding hydrogens is 258 g/mol. The van der Waals surface area contributed by atoms with Gasteiger partial charge in [0.1, 0.15) is 11.6 Å². The second-order valence-electron chi connectivity index (χ2n) is 3.68. The molecule has 0 aliphatic heterocycles. The highest BCUT2D eigenvalue weighted by atomic mass is 19.1. The number of carbonyl (C=O) groups excluding carboxylic acids is 2. The second-order valence-corrected chi connectivity index (χ2v) is 3.68. The van der Waals surface area contributed by atoms with E-state index in [-0.39, 0.29) is 12.1 Å². The van der Waals surface area contributed by atoms with Gasteiger partial charge in [0.25, 0.3) is 5.91 Å². The first kappa shape index (κ1) is 15.0. The number of hydrogen-bond acceptors (Lipinski definition) is 3. The number of methoxy groups -OCH3 is 1. The number of amides is 2. The number of hydrogen-bond donors (Lipinski definition) is 2. The molecule has 104 valence electrons. The van der Waals surface area contributed by atoms with Crippen molar-refractivity contribution in [3.63, 3.8) is 0 Å². The lowest BCUT2D eigenvalue weighted by atomic mass is 10.2. The molecule has 0 saturated carbocycles. The van der Waals surface area contributed by atoms with Gasteiger partial charge < -0.3 is 15.4 Å². The van der Waals surface area contributed by atoms with Crippen LogP contribution in [0.25, 0.3) is 0 Å². The minimum Gasteiger partial charge on any atom is -0.383 e. The lowest BCUT2D eigenvalue weighted by molar-refractivity contribution is -0.120. The van der Waals surface area contributed by atoms with Gasteiger partial charge in [-0.15, -0.1) is 0 Å². The van der Waals surface area contributed by atoms with Crippen molar-refractivity contribution in [3.8, 4) is 0 Å². The van der Waals surface area contributed by atoms with Gasteiger partial charge in [0.15, 0.2) is 0 Å². The molecule has 0 bridgehead atoms. The topological polar surface area (TPSA) is 67.4 Å². The first-order chi connectivity index (χ1) is 9.02. The standard InChI is InChI=1S/C12H14F2N2O3/c1-19-3-2-15-11(17)7-16-12(18)8-4-9(13)6-10(14)5-8/h4-6H,2-3,7H2,1H3,(H,15,17)(H,16,18). The SMILES string of the molecule is COCCNC(=O)CNC(=O)c1cc(F)cc(F)c1. The van der Waals surface area contributed by atoms with Crippen LogP contribution in [-0.4, -0.2) is 38.6 Å². The van der Waals surface area contributed by atoms with Crippen LogP contribution in [0.4, 0.5) is 8.78 Å². The molecule has 1 aromatic carbocycles. The van der Waals surface area contributed by atoms with Gasteiger partial charge in [0, 0.05) is 25.3 Å². The average Bonchev–Trinajstić information content (AvgIpc) is 2.35. The molecule has 0 unspecified atom stereocenters. The fourth-order valence-corrected chi connectivity index (χ4v) is 1.30. The summed E-state index contributed by atoms with van der Waals surface area (Å²) in [6, 6.07) is 2.44. The predicted octanol–water partition coefficient (Wildman–Crippen LogP) is 0.457. The minimum absolute atomic E-state index is 0.179. The van der Waals surface area contributed by atoms with E-state index in [1.165, 1.54) is 7.11 Å². The Labute approximate surface area is 108 Å². The van der Waals surface area contributed by atoms with Crippen LogP contribution in [0.3, 0.4) is 0 Å². The van der Waals surface area contributed by atoms with Crippen molar-refractivity contribution in [2.75, 3.05) is 26.8 Å². The van der Waals surface area contributed by atoms with Crippen molar-refractivity contribution in [3.05, 3.63) is 35.4 Å². The van der Waals surface area contributed by atoms with E-state index in [2.05, 4.69) is 10.6 Å². The second kappa shape index (κ2) is 7.42. The Balaban J connectivity index is 2.44. The van der Waals surface area contributed by atoms with Crippen LogP contribution in [0.1, 0.15) is 10.4 Å². The summed E-state index contributed by atoms with van der Waals surface area (Å²) in [6.07, 6.45) is 0. The first-order valence-electron chi connectivity index (χ1n) is 5.53. The lowest BCUT2D eigenvalue weighted by Gasteiger charge is -2.06. The predicted molar refractivity (Wildman–Crippen MR) is 63.6 cm³/mol. The van der Waals surface area contributed by atoms with Gasteiger partial charge in [-0.2, -0.15) is 0 Å². The fraction of sp³-hybridized carbons (Fsp3) is 0.333. The molecule has 19 heavy (non-hydrogen) atoms. The molecule has 0 saturated heterocycles. The first-order valence-corrected chi connectivity index (χ1v) is 5.53. The Kier molecular flexibility index (Phi) is 5.87. The Morgan fingerprint density at radius 3 is 2.37 bits per heavy atom. The van der Waals surface area contributed by atoms with Gasteiger partial charge >= 0.3 is 0 Å². The van der Waals surface area contributed by atoms with Gasteiger partial charge in [-0.25, -0.2) is 8.78 Å². The van der Waals surface area contributed by atoms with Crippen LogP contribution in [-0.2, 0) is 9.53 Å². The summed E-state index contributed by atoms with van der Waals surface area (Å²) < 4.78 is 30.5. The molecule has 1 aromatic rings. The lowest BCUT2D eigenvalue weighted by Crippen LogP contribution is -2.38. The van der Waals surface area contributed by atoms with E-state index in [9.17, 15) is 18.4 Å². The van der Waals surface area contributed by atoms with Gasteiger partial charge in [-0.1, -0.05) is 0 Å². The third-order valence-corrected chi connectivity index (χ3v) is 2.16. The molecule has 0 spiro atoms. The Morgan fingerprint density at radius 2 is 1.79 bits per heavy atom. The molecule has 2 N–H and O–H groups in total. The highest BCUT2D eigenvalue weighted by Crippen LogP contribution is 2.07. The molecule has 0 radical (unpaired) electrons. The third kappa shape index (κ3) is 5.43. The number of rotatable bonds is 6. The van der Waals surface area contributed by atoms with Gasteiger partial charge in [-0.05, 0) is 12.1 Å². The molecule has 0 heterocycles. The zero-order valence-electron chi connectivity index (χ0n) is 10.3. The number of carbonyl (C=O) groups is 2. The van der Waals surface area contributed by atoms with Crippen molar-refractivity contribution in [2.24, 2.45) is 0 Å². The summed E-state index contributed by atoms with van der Waals surface area (Å²) in [4.78, 5) is 22.8. The molecular formula is C12H14F2N2O3. The van der Waals surface area contributed by atoms with Crippen LogP contribution < -0.4 is 10.6 Å². The maximum absolute atomic E-state index is 12.9. The number of halogens is 2. The summed E-state index contributed by atoms with van der Waals surface area (Å²) in [5.74, 6) is -2.84. The smallest absolute Gasteiger partial charge is 0.251 e. The minimum atomic E-state index is -0.852. The Hall–Kier alpha value is -2.02. The summed E-state index contributed by atoms with van der Waals surface area (Å²) in [5.41, 5.74) is -0.179. The molecule has 0 aliphatic carbocycles. The van der Waals surface area contributed by atoms with E-state index in [1.807, 2.05) is 0 Å². The normalized spacial score (nSPS) is 10.1. The molecule has 1 rings (SSSR count). The van der Waals surface area contributed by atoms with Crippen molar-refractivity contribution in [1.29, 1.82) is 0 Å². The molecule has 0 fully saturated rings. The largest absolute Gasteiger partial charge is 0.383 e. The maximum Gasteiger partial charge on any atom is 0.251 e. The zero-order chi connectivity index (χ0) is 14.3. The van der Waals surface area contributed by atoms with Crippen LogP contribution >= 0.6 is 0 Å². The van der Waals surface area contributed by atoms with Crippen molar-refractivity contribution in [2.45, 2.75) is 0 Å². The highest BCUT2D eigenvalue weighted by Gasteiger charge is 2.10. The Morgan fingerprint density at radius 1 is 1.16 bits per heavy atom. The monoisotopic (exact) mass is 272 g/mol.